The molecule has 1 rings (SSSR count). The third-order valence-corrected chi connectivity index (χ3v) is 4.54. The van der Waals surface area contributed by atoms with E-state index in [0.717, 1.165) is 4.47 Å². The highest BCUT2D eigenvalue weighted by molar-refractivity contribution is 9.10. The normalized spacial score (nSPS) is 13.8. The average Bonchev–Trinajstić information content (AvgIpc) is 2.32. The second-order valence-corrected chi connectivity index (χ2v) is 7.97. The van der Waals surface area contributed by atoms with Crippen molar-refractivity contribution in [3.05, 3.63) is 27.2 Å². The predicted octanol–water partition coefficient (Wildman–Crippen LogP) is 4.38. The molecule has 3 nitrogen and oxygen atoms in total. The Morgan fingerprint density at radius 2 is 2.11 bits per heavy atom. The van der Waals surface area contributed by atoms with Crippen LogP contribution in [-0.2, 0) is 11.0 Å². The standard InChI is InChI=1S/C13H17BrClNO2S/c1-5-18-12-10(14)7-6-9(11(12)15)8-16-19(17)13(2,3)4/h6-8H,5H2,1-4H3/b16-8+. The number of halogens is 2. The number of rotatable bonds is 4. The molecule has 6 heteroatoms. The van der Waals surface area contributed by atoms with Gasteiger partial charge in [0.15, 0.2) is 5.75 Å². The monoisotopic (exact) mass is 365 g/mol. The Bertz CT molecular complexity index is 512. The molecule has 0 amide bonds. The lowest BCUT2D eigenvalue weighted by atomic mass is 10.2. The van der Waals surface area contributed by atoms with Gasteiger partial charge in [0.25, 0.3) is 0 Å². The Hall–Kier alpha value is -0.390. The van der Waals surface area contributed by atoms with Gasteiger partial charge in [0.1, 0.15) is 11.0 Å². The first kappa shape index (κ1) is 16.7. The molecule has 0 saturated heterocycles. The molecule has 19 heavy (non-hydrogen) atoms. The van der Waals surface area contributed by atoms with Crippen LogP contribution in [0.25, 0.3) is 0 Å². The third-order valence-electron chi connectivity index (χ3n) is 2.18. The van der Waals surface area contributed by atoms with E-state index < -0.39 is 11.0 Å². The Morgan fingerprint density at radius 1 is 1.47 bits per heavy atom. The van der Waals surface area contributed by atoms with Gasteiger partial charge in [-0.1, -0.05) is 17.7 Å². The number of hydrogen-bond donors (Lipinski definition) is 0. The Morgan fingerprint density at radius 3 is 2.63 bits per heavy atom. The lowest BCUT2D eigenvalue weighted by molar-refractivity contribution is 0.338. The van der Waals surface area contributed by atoms with Gasteiger partial charge in [-0.2, -0.15) is 4.40 Å². The van der Waals surface area contributed by atoms with Crippen molar-refractivity contribution < 1.29 is 8.95 Å². The minimum Gasteiger partial charge on any atom is -0.491 e. The molecule has 106 valence electrons. The van der Waals surface area contributed by atoms with Crippen LogP contribution in [0, 0.1) is 0 Å². The van der Waals surface area contributed by atoms with Crippen molar-refractivity contribution in [1.29, 1.82) is 0 Å². The summed E-state index contributed by atoms with van der Waals surface area (Å²) in [7, 11) is -1.30. The van der Waals surface area contributed by atoms with E-state index in [-0.39, 0.29) is 4.75 Å². The summed E-state index contributed by atoms with van der Waals surface area (Å²) in [5.74, 6) is 0.578. The molecular formula is C13H17BrClNO2S. The van der Waals surface area contributed by atoms with Crippen LogP contribution in [-0.4, -0.2) is 21.8 Å². The summed E-state index contributed by atoms with van der Waals surface area (Å²) in [5.41, 5.74) is 0.686. The molecule has 0 aliphatic carbocycles. The lowest BCUT2D eigenvalue weighted by Crippen LogP contribution is -2.19. The first-order valence-electron chi connectivity index (χ1n) is 5.84. The Balaban J connectivity index is 3.06. The zero-order chi connectivity index (χ0) is 14.6. The van der Waals surface area contributed by atoms with Crippen molar-refractivity contribution in [2.24, 2.45) is 4.40 Å². The summed E-state index contributed by atoms with van der Waals surface area (Å²) in [6.45, 7) is 8.02. The molecule has 0 spiro atoms. The maximum atomic E-state index is 11.9. The number of nitrogens with zero attached hydrogens (tertiary/aromatic N) is 1. The Kier molecular flexibility index (Phi) is 6.02. The third kappa shape index (κ3) is 4.58. The minimum atomic E-state index is -1.30. The second kappa shape index (κ2) is 6.86. The van der Waals surface area contributed by atoms with Crippen LogP contribution in [0.2, 0.25) is 5.02 Å². The van der Waals surface area contributed by atoms with E-state index in [9.17, 15) is 4.21 Å². The van der Waals surface area contributed by atoms with Crippen molar-refractivity contribution in [2.45, 2.75) is 32.4 Å². The van der Waals surface area contributed by atoms with Gasteiger partial charge in [0.2, 0.25) is 0 Å². The van der Waals surface area contributed by atoms with Gasteiger partial charge < -0.3 is 4.74 Å². The molecule has 0 aromatic heterocycles. The van der Waals surface area contributed by atoms with E-state index >= 15 is 0 Å². The molecule has 1 aromatic rings. The first-order chi connectivity index (χ1) is 8.77. The van der Waals surface area contributed by atoms with Crippen LogP contribution in [0.1, 0.15) is 33.3 Å². The molecule has 0 heterocycles. The average molecular weight is 367 g/mol. The van der Waals surface area contributed by atoms with Crippen molar-refractivity contribution in [3.63, 3.8) is 0 Å². The van der Waals surface area contributed by atoms with E-state index in [1.54, 1.807) is 6.07 Å². The topological polar surface area (TPSA) is 38.7 Å². The van der Waals surface area contributed by atoms with Gasteiger partial charge in [-0.15, -0.1) is 0 Å². The van der Waals surface area contributed by atoms with Crippen LogP contribution in [0.4, 0.5) is 0 Å². The highest BCUT2D eigenvalue weighted by atomic mass is 79.9. The molecule has 0 fully saturated rings. The van der Waals surface area contributed by atoms with Crippen molar-refractivity contribution in [3.8, 4) is 5.75 Å². The van der Waals surface area contributed by atoms with E-state index in [4.69, 9.17) is 16.3 Å². The Labute approximate surface area is 130 Å². The fourth-order valence-electron chi connectivity index (χ4n) is 1.19. The zero-order valence-electron chi connectivity index (χ0n) is 11.4. The number of ether oxygens (including phenoxy) is 1. The maximum Gasteiger partial charge on any atom is 0.152 e. The van der Waals surface area contributed by atoms with Gasteiger partial charge in [-0.05, 0) is 49.7 Å². The summed E-state index contributed by atoms with van der Waals surface area (Å²) >= 11 is 9.63. The van der Waals surface area contributed by atoms with Crippen LogP contribution in [0.15, 0.2) is 21.0 Å². The largest absolute Gasteiger partial charge is 0.491 e. The highest BCUT2D eigenvalue weighted by Gasteiger charge is 2.18. The molecule has 0 N–H and O–H groups in total. The lowest BCUT2D eigenvalue weighted by Gasteiger charge is -2.13. The molecular weight excluding hydrogens is 350 g/mol. The van der Waals surface area contributed by atoms with Gasteiger partial charge in [-0.25, -0.2) is 4.21 Å². The van der Waals surface area contributed by atoms with E-state index in [0.29, 0.717) is 22.9 Å². The number of benzene rings is 1. The van der Waals surface area contributed by atoms with Crippen molar-refractivity contribution >= 4 is 44.7 Å². The molecule has 0 bridgehead atoms. The summed E-state index contributed by atoms with van der Waals surface area (Å²) in [6.07, 6.45) is 1.53. The highest BCUT2D eigenvalue weighted by Crippen LogP contribution is 2.35. The van der Waals surface area contributed by atoms with Gasteiger partial charge in [0.05, 0.1) is 20.8 Å². The van der Waals surface area contributed by atoms with Gasteiger partial charge >= 0.3 is 0 Å². The SMILES string of the molecule is CCOc1c(Br)ccc(/C=N/S(=O)C(C)(C)C)c1Cl. The van der Waals surface area contributed by atoms with Crippen LogP contribution >= 0.6 is 27.5 Å². The zero-order valence-corrected chi connectivity index (χ0v) is 14.5. The number of hydrogen-bond acceptors (Lipinski definition) is 2. The molecule has 0 radical (unpaired) electrons. The quantitative estimate of drug-likeness (QED) is 0.742. The molecule has 1 unspecified atom stereocenters. The predicted molar refractivity (Wildman–Crippen MR) is 85.8 cm³/mol. The fourth-order valence-corrected chi connectivity index (χ4v) is 2.54. The smallest absolute Gasteiger partial charge is 0.152 e. The first-order valence-corrected chi connectivity index (χ1v) is 8.12. The fraction of sp³-hybridized carbons (Fsp3) is 0.462. The second-order valence-electron chi connectivity index (χ2n) is 4.81. The van der Waals surface area contributed by atoms with Gasteiger partial charge in [0, 0.05) is 11.8 Å². The van der Waals surface area contributed by atoms with Crippen LogP contribution in [0.5, 0.6) is 5.75 Å². The van der Waals surface area contributed by atoms with E-state index in [2.05, 4.69) is 20.3 Å². The van der Waals surface area contributed by atoms with Crippen molar-refractivity contribution in [1.82, 2.24) is 0 Å². The van der Waals surface area contributed by atoms with E-state index in [1.807, 2.05) is 33.8 Å². The molecule has 1 atom stereocenters. The molecule has 0 aliphatic heterocycles. The van der Waals surface area contributed by atoms with Gasteiger partial charge in [-0.3, -0.25) is 0 Å². The molecule has 0 saturated carbocycles. The summed E-state index contributed by atoms with van der Waals surface area (Å²) in [5, 5.41) is 0.464. The maximum absolute atomic E-state index is 11.9. The van der Waals surface area contributed by atoms with Crippen LogP contribution in [0.3, 0.4) is 0 Å². The summed E-state index contributed by atoms with van der Waals surface area (Å²) < 4.78 is 21.8. The van der Waals surface area contributed by atoms with Crippen molar-refractivity contribution in [2.75, 3.05) is 6.61 Å². The van der Waals surface area contributed by atoms with Crippen LogP contribution < -0.4 is 4.74 Å². The summed E-state index contributed by atoms with van der Waals surface area (Å²) in [6, 6.07) is 3.64. The molecule has 1 aromatic carbocycles. The molecule has 0 aliphatic rings. The van der Waals surface area contributed by atoms with E-state index in [1.165, 1.54) is 6.21 Å². The summed E-state index contributed by atoms with van der Waals surface area (Å²) in [4.78, 5) is 0. The minimum absolute atomic E-state index is 0.388.